The number of fused-ring (bicyclic) bond motifs is 1. The van der Waals surface area contributed by atoms with Gasteiger partial charge in [-0.15, -0.1) is 0 Å². The van der Waals surface area contributed by atoms with Crippen LogP contribution in [0.25, 0.3) is 5.65 Å². The van der Waals surface area contributed by atoms with Crippen LogP contribution in [0, 0.1) is 0 Å². The highest BCUT2D eigenvalue weighted by Crippen LogP contribution is 2.00. The van der Waals surface area contributed by atoms with Gasteiger partial charge in [-0.1, -0.05) is 0 Å². The quantitative estimate of drug-likeness (QED) is 0.471. The van der Waals surface area contributed by atoms with Crippen LogP contribution in [0.1, 0.15) is 5.56 Å². The van der Waals surface area contributed by atoms with Gasteiger partial charge >= 0.3 is 0 Å². The minimum Gasteiger partial charge on any atom is -0.271 e. The van der Waals surface area contributed by atoms with Crippen LogP contribution in [0.3, 0.4) is 0 Å². The van der Waals surface area contributed by atoms with E-state index in [0.717, 1.165) is 11.2 Å². The van der Waals surface area contributed by atoms with E-state index in [1.807, 2.05) is 12.3 Å². The smallest absolute Gasteiger partial charge is 0.154 e. The summed E-state index contributed by atoms with van der Waals surface area (Å²) in [6.45, 7) is 0.600. The number of hydrazine groups is 1. The molecule has 0 aliphatic carbocycles. The van der Waals surface area contributed by atoms with Crippen LogP contribution in [0.5, 0.6) is 0 Å². The van der Waals surface area contributed by atoms with Crippen LogP contribution in [0.4, 0.5) is 0 Å². The van der Waals surface area contributed by atoms with E-state index >= 15 is 0 Å². The van der Waals surface area contributed by atoms with E-state index in [9.17, 15) is 0 Å². The predicted octanol–water partition coefficient (Wildman–Crippen LogP) is -0.307. The molecule has 0 aliphatic rings. The van der Waals surface area contributed by atoms with Crippen LogP contribution in [-0.2, 0) is 6.54 Å². The largest absolute Gasteiger partial charge is 0.271 e. The molecule has 62 valence electrons. The Kier molecular flexibility index (Phi) is 1.73. The van der Waals surface area contributed by atoms with Gasteiger partial charge in [-0.2, -0.15) is 5.10 Å². The van der Waals surface area contributed by atoms with Crippen molar-refractivity contribution in [3.63, 3.8) is 0 Å². The van der Waals surface area contributed by atoms with Crippen molar-refractivity contribution in [1.82, 2.24) is 20.0 Å². The molecule has 0 saturated heterocycles. The van der Waals surface area contributed by atoms with Crippen LogP contribution < -0.4 is 11.3 Å². The first kappa shape index (κ1) is 7.20. The third-order valence-corrected chi connectivity index (χ3v) is 1.61. The second-order valence-corrected chi connectivity index (χ2v) is 2.48. The average molecular weight is 163 g/mol. The van der Waals surface area contributed by atoms with Crippen molar-refractivity contribution in [3.8, 4) is 0 Å². The highest BCUT2D eigenvalue weighted by Gasteiger charge is 1.95. The third kappa shape index (κ3) is 1.15. The van der Waals surface area contributed by atoms with Gasteiger partial charge in [-0.25, -0.2) is 9.50 Å². The van der Waals surface area contributed by atoms with Gasteiger partial charge in [0.2, 0.25) is 0 Å². The summed E-state index contributed by atoms with van der Waals surface area (Å²) in [5, 5.41) is 4.05. The molecular formula is C7H9N5. The summed E-state index contributed by atoms with van der Waals surface area (Å²) in [6.07, 6.45) is 5.38. The summed E-state index contributed by atoms with van der Waals surface area (Å²) in [5.41, 5.74) is 4.41. The standard InChI is InChI=1S/C7H9N5/c8-10-4-6-3-9-7-1-2-11-12(7)5-6/h1-3,5,10H,4,8H2. The van der Waals surface area contributed by atoms with E-state index in [4.69, 9.17) is 5.84 Å². The lowest BCUT2D eigenvalue weighted by atomic mass is 10.3. The number of hydrogen-bond acceptors (Lipinski definition) is 4. The van der Waals surface area contributed by atoms with Crippen molar-refractivity contribution < 1.29 is 0 Å². The monoisotopic (exact) mass is 163 g/mol. The minimum atomic E-state index is 0.600. The van der Waals surface area contributed by atoms with E-state index in [1.54, 1.807) is 16.9 Å². The van der Waals surface area contributed by atoms with E-state index in [2.05, 4.69) is 15.5 Å². The van der Waals surface area contributed by atoms with Crippen molar-refractivity contribution in [2.24, 2.45) is 5.84 Å². The number of hydrogen-bond donors (Lipinski definition) is 2. The van der Waals surface area contributed by atoms with Gasteiger partial charge in [0.25, 0.3) is 0 Å². The van der Waals surface area contributed by atoms with Crippen LogP contribution in [-0.4, -0.2) is 14.6 Å². The van der Waals surface area contributed by atoms with Gasteiger partial charge in [0.1, 0.15) is 0 Å². The van der Waals surface area contributed by atoms with Crippen molar-refractivity contribution in [2.45, 2.75) is 6.54 Å². The number of nitrogens with one attached hydrogen (secondary N) is 1. The molecule has 2 heterocycles. The predicted molar refractivity (Wildman–Crippen MR) is 44.0 cm³/mol. The first-order valence-electron chi connectivity index (χ1n) is 3.62. The van der Waals surface area contributed by atoms with E-state index in [1.165, 1.54) is 0 Å². The molecule has 0 atom stereocenters. The maximum absolute atomic E-state index is 5.17. The van der Waals surface area contributed by atoms with Gasteiger partial charge < -0.3 is 0 Å². The fourth-order valence-electron chi connectivity index (χ4n) is 1.06. The average Bonchev–Trinajstić information content (AvgIpc) is 2.51. The molecule has 0 bridgehead atoms. The van der Waals surface area contributed by atoms with Crippen molar-refractivity contribution in [2.75, 3.05) is 0 Å². The number of nitrogens with zero attached hydrogens (tertiary/aromatic N) is 3. The normalized spacial score (nSPS) is 10.8. The Bertz CT molecular complexity index is 380. The SMILES string of the molecule is NNCc1cnc2ccnn2c1. The molecule has 3 N–H and O–H groups in total. The van der Waals surface area contributed by atoms with Crippen molar-refractivity contribution in [3.05, 3.63) is 30.2 Å². The molecule has 0 spiro atoms. The van der Waals surface area contributed by atoms with Gasteiger partial charge in [-0.05, 0) is 0 Å². The zero-order valence-electron chi connectivity index (χ0n) is 6.44. The number of nitrogens with two attached hydrogens (primary N) is 1. The molecule has 0 aliphatic heterocycles. The lowest BCUT2D eigenvalue weighted by molar-refractivity contribution is 0.729. The Hall–Kier alpha value is -1.46. The molecule has 2 aromatic heterocycles. The Labute approximate surface area is 69.2 Å². The molecule has 12 heavy (non-hydrogen) atoms. The fraction of sp³-hybridized carbons (Fsp3) is 0.143. The fourth-order valence-corrected chi connectivity index (χ4v) is 1.06. The van der Waals surface area contributed by atoms with E-state index < -0.39 is 0 Å². The molecule has 2 aromatic rings. The first-order valence-corrected chi connectivity index (χ1v) is 3.62. The topological polar surface area (TPSA) is 68.2 Å². The molecular weight excluding hydrogens is 154 g/mol. The van der Waals surface area contributed by atoms with E-state index in [-0.39, 0.29) is 0 Å². The molecule has 0 aromatic carbocycles. The maximum atomic E-state index is 5.17. The Balaban J connectivity index is 2.46. The molecule has 5 heteroatoms. The highest BCUT2D eigenvalue weighted by molar-refractivity contribution is 5.35. The van der Waals surface area contributed by atoms with Gasteiger partial charge in [0.05, 0.1) is 6.20 Å². The maximum Gasteiger partial charge on any atom is 0.154 e. The van der Waals surface area contributed by atoms with Crippen LogP contribution >= 0.6 is 0 Å². The highest BCUT2D eigenvalue weighted by atomic mass is 15.2. The summed E-state index contributed by atoms with van der Waals surface area (Å²) in [4.78, 5) is 4.16. The Morgan fingerprint density at radius 2 is 2.50 bits per heavy atom. The second-order valence-electron chi connectivity index (χ2n) is 2.48. The van der Waals surface area contributed by atoms with Crippen molar-refractivity contribution >= 4 is 5.65 Å². The molecule has 0 fully saturated rings. The molecule has 0 radical (unpaired) electrons. The Morgan fingerprint density at radius 1 is 1.58 bits per heavy atom. The molecule has 0 unspecified atom stereocenters. The molecule has 0 amide bonds. The number of aromatic nitrogens is 3. The van der Waals surface area contributed by atoms with Gasteiger partial charge in [-0.3, -0.25) is 11.3 Å². The third-order valence-electron chi connectivity index (χ3n) is 1.61. The zero-order valence-corrected chi connectivity index (χ0v) is 6.44. The summed E-state index contributed by atoms with van der Waals surface area (Å²) in [7, 11) is 0. The van der Waals surface area contributed by atoms with Gasteiger partial charge in [0, 0.05) is 30.6 Å². The summed E-state index contributed by atoms with van der Waals surface area (Å²) >= 11 is 0. The van der Waals surface area contributed by atoms with Crippen LogP contribution in [0.15, 0.2) is 24.7 Å². The van der Waals surface area contributed by atoms with Gasteiger partial charge in [0.15, 0.2) is 5.65 Å². The van der Waals surface area contributed by atoms with Crippen molar-refractivity contribution in [1.29, 1.82) is 0 Å². The molecule has 5 nitrogen and oxygen atoms in total. The Morgan fingerprint density at radius 3 is 3.33 bits per heavy atom. The van der Waals surface area contributed by atoms with E-state index in [0.29, 0.717) is 6.54 Å². The molecule has 0 saturated carbocycles. The zero-order chi connectivity index (χ0) is 8.39. The molecule has 2 rings (SSSR count). The lowest BCUT2D eigenvalue weighted by Gasteiger charge is -1.98. The summed E-state index contributed by atoms with van der Waals surface area (Å²) in [5.74, 6) is 5.17. The second kappa shape index (κ2) is 2.88. The summed E-state index contributed by atoms with van der Waals surface area (Å²) < 4.78 is 1.71. The number of rotatable bonds is 2. The van der Waals surface area contributed by atoms with Crippen LogP contribution in [0.2, 0.25) is 0 Å². The lowest BCUT2D eigenvalue weighted by Crippen LogP contribution is -2.21. The minimum absolute atomic E-state index is 0.600. The summed E-state index contributed by atoms with van der Waals surface area (Å²) in [6, 6.07) is 1.85. The first-order chi connectivity index (χ1) is 5.90.